The van der Waals surface area contributed by atoms with E-state index in [1.807, 2.05) is 0 Å². The molecule has 174 valence electrons. The number of hydrogen-bond donors (Lipinski definition) is 6. The van der Waals surface area contributed by atoms with E-state index in [0.717, 1.165) is 0 Å². The topological polar surface area (TPSA) is 152 Å². The second-order valence-corrected chi connectivity index (χ2v) is 7.33. The Morgan fingerprint density at radius 3 is 2.67 bits per heavy atom. The number of hydrogen-bond acceptors (Lipinski definition) is 7. The fourth-order valence-electron chi connectivity index (χ4n) is 3.18. The number of aromatic hydroxyl groups is 1. The average Bonchev–Trinajstić information content (AvgIpc) is 2.79. The van der Waals surface area contributed by atoms with E-state index in [-0.39, 0.29) is 30.0 Å². The second kappa shape index (κ2) is 10.9. The fraction of sp³-hybridized carbons (Fsp3) is 0.273. The van der Waals surface area contributed by atoms with Gasteiger partial charge in [-0.25, -0.2) is 9.38 Å². The van der Waals surface area contributed by atoms with Crippen molar-refractivity contribution in [1.82, 2.24) is 16.0 Å². The lowest BCUT2D eigenvalue weighted by Crippen LogP contribution is -2.41. The molecule has 1 aliphatic rings. The Bertz CT molecular complexity index is 1060. The molecule has 3 rings (SSSR count). The van der Waals surface area contributed by atoms with Crippen LogP contribution in [0.15, 0.2) is 53.5 Å². The van der Waals surface area contributed by atoms with Gasteiger partial charge in [0.25, 0.3) is 5.91 Å². The summed E-state index contributed by atoms with van der Waals surface area (Å²) in [5.41, 5.74) is 1.09. The number of alkyl halides is 1. The number of nitrogens with one attached hydrogen (secondary N) is 4. The van der Waals surface area contributed by atoms with E-state index in [1.54, 1.807) is 36.4 Å². The molecule has 2 aromatic rings. The summed E-state index contributed by atoms with van der Waals surface area (Å²) in [6.45, 7) is -0.203. The Hall–Kier alpha value is -4.15. The Kier molecular flexibility index (Phi) is 7.79. The van der Waals surface area contributed by atoms with Crippen molar-refractivity contribution in [2.75, 3.05) is 25.0 Å². The Morgan fingerprint density at radius 1 is 1.18 bits per heavy atom. The largest absolute Gasteiger partial charge is 0.508 e. The van der Waals surface area contributed by atoms with Crippen LogP contribution in [0.2, 0.25) is 0 Å². The normalized spacial score (nSPS) is 16.0. The number of carbonyl (C=O) groups excluding carboxylic acids is 2. The molecule has 33 heavy (non-hydrogen) atoms. The second-order valence-electron chi connectivity index (χ2n) is 7.33. The molecule has 10 nitrogen and oxygen atoms in total. The third-order valence-electron chi connectivity index (χ3n) is 4.76. The highest BCUT2D eigenvalue weighted by atomic mass is 19.1. The van der Waals surface area contributed by atoms with E-state index < -0.39 is 43.0 Å². The first-order chi connectivity index (χ1) is 15.8. The van der Waals surface area contributed by atoms with E-state index in [9.17, 15) is 23.9 Å². The van der Waals surface area contributed by atoms with Crippen molar-refractivity contribution >= 4 is 29.4 Å². The molecular weight excluding hydrogens is 433 g/mol. The molecule has 2 atom stereocenters. The molecule has 0 aromatic heterocycles. The summed E-state index contributed by atoms with van der Waals surface area (Å²) in [6.07, 6.45) is -1.48. The smallest absolute Gasteiger partial charge is 0.305 e. The SMILES string of the molecule is O=C(O)CC(NC(=O)CNC(=O)c1cccc(NC2=NCC(F)CN2)c1)c1ccccc1O. The van der Waals surface area contributed by atoms with Crippen LogP contribution >= 0.6 is 0 Å². The quantitative estimate of drug-likeness (QED) is 0.348. The Morgan fingerprint density at radius 2 is 1.97 bits per heavy atom. The number of carbonyl (C=O) groups is 3. The average molecular weight is 457 g/mol. The van der Waals surface area contributed by atoms with E-state index >= 15 is 0 Å². The first-order valence-electron chi connectivity index (χ1n) is 10.2. The zero-order valence-electron chi connectivity index (χ0n) is 17.5. The van der Waals surface area contributed by atoms with Crippen LogP contribution in [0.5, 0.6) is 5.75 Å². The molecule has 0 spiro atoms. The minimum Gasteiger partial charge on any atom is -0.508 e. The molecule has 0 fully saturated rings. The monoisotopic (exact) mass is 457 g/mol. The predicted octanol–water partition coefficient (Wildman–Crippen LogP) is 1.16. The molecule has 1 heterocycles. The standard InChI is InChI=1S/C22H24FN5O5/c23-14-10-25-22(26-11-14)27-15-5-3-4-13(8-15)21(33)24-12-19(30)28-17(9-20(31)32)16-6-1-2-7-18(16)29/h1-8,14,17,29H,9-12H2,(H,24,33)(H,28,30)(H,31,32)(H2,25,26,27). The number of para-hydroxylation sites is 1. The lowest BCUT2D eigenvalue weighted by atomic mass is 10.0. The minimum atomic E-state index is -1.16. The van der Waals surface area contributed by atoms with Crippen molar-refractivity contribution in [2.24, 2.45) is 4.99 Å². The number of guanidine groups is 1. The van der Waals surface area contributed by atoms with Gasteiger partial charge in [-0.2, -0.15) is 0 Å². The molecule has 0 aliphatic carbocycles. The van der Waals surface area contributed by atoms with E-state index in [2.05, 4.69) is 26.3 Å². The summed E-state index contributed by atoms with van der Waals surface area (Å²) in [4.78, 5) is 40.0. The lowest BCUT2D eigenvalue weighted by Gasteiger charge is -2.19. The third-order valence-corrected chi connectivity index (χ3v) is 4.76. The van der Waals surface area contributed by atoms with Crippen molar-refractivity contribution in [1.29, 1.82) is 0 Å². The molecule has 0 bridgehead atoms. The Labute approximate surface area is 188 Å². The predicted molar refractivity (Wildman–Crippen MR) is 119 cm³/mol. The molecule has 1 aliphatic heterocycles. The maximum atomic E-state index is 13.1. The molecule has 0 saturated carbocycles. The van der Waals surface area contributed by atoms with Gasteiger partial charge in [0, 0.05) is 16.8 Å². The number of anilines is 1. The number of aliphatic carboxylic acids is 1. The number of halogens is 1. The summed E-state index contributed by atoms with van der Waals surface area (Å²) < 4.78 is 13.1. The molecule has 2 amide bonds. The summed E-state index contributed by atoms with van der Waals surface area (Å²) in [5, 5.41) is 29.9. The van der Waals surface area contributed by atoms with Gasteiger partial charge in [-0.3, -0.25) is 14.4 Å². The number of nitrogens with zero attached hydrogens (tertiary/aromatic N) is 1. The molecule has 2 aromatic carbocycles. The number of phenols is 1. The van der Waals surface area contributed by atoms with Gasteiger partial charge in [0.05, 0.1) is 32.1 Å². The van der Waals surface area contributed by atoms with Crippen LogP contribution in [-0.4, -0.2) is 59.8 Å². The van der Waals surface area contributed by atoms with Gasteiger partial charge in [-0.1, -0.05) is 24.3 Å². The van der Waals surface area contributed by atoms with Gasteiger partial charge in [0.1, 0.15) is 11.9 Å². The van der Waals surface area contributed by atoms with Crippen molar-refractivity contribution in [3.05, 3.63) is 59.7 Å². The van der Waals surface area contributed by atoms with Crippen molar-refractivity contribution < 1.29 is 29.0 Å². The van der Waals surface area contributed by atoms with Crippen LogP contribution in [-0.2, 0) is 9.59 Å². The number of carboxylic acid groups (broad SMARTS) is 1. The number of benzene rings is 2. The summed E-state index contributed by atoms with van der Waals surface area (Å²) in [5.74, 6) is -2.04. The van der Waals surface area contributed by atoms with Crippen LogP contribution in [0.4, 0.5) is 10.1 Å². The third kappa shape index (κ3) is 6.92. The van der Waals surface area contributed by atoms with Crippen molar-refractivity contribution in [3.63, 3.8) is 0 Å². The zero-order chi connectivity index (χ0) is 23.8. The molecule has 0 saturated heterocycles. The molecule has 0 radical (unpaired) electrons. The Balaban J connectivity index is 1.57. The van der Waals surface area contributed by atoms with Crippen LogP contribution in [0.1, 0.15) is 28.4 Å². The van der Waals surface area contributed by atoms with Gasteiger partial charge in [0.2, 0.25) is 5.91 Å². The molecule has 11 heteroatoms. The number of aliphatic imine (C=N–C) groups is 1. The zero-order valence-corrected chi connectivity index (χ0v) is 17.5. The number of amides is 2. The highest BCUT2D eigenvalue weighted by molar-refractivity contribution is 5.99. The summed E-state index contributed by atoms with van der Waals surface area (Å²) >= 11 is 0. The molecular formula is C22H24FN5O5. The van der Waals surface area contributed by atoms with Gasteiger partial charge in [0.15, 0.2) is 5.96 Å². The minimum absolute atomic E-state index is 0.0499. The first-order valence-corrected chi connectivity index (χ1v) is 10.2. The summed E-state index contributed by atoms with van der Waals surface area (Å²) in [7, 11) is 0. The van der Waals surface area contributed by atoms with Gasteiger partial charge in [-0.15, -0.1) is 0 Å². The molecule has 2 unspecified atom stereocenters. The highest BCUT2D eigenvalue weighted by Crippen LogP contribution is 2.26. The highest BCUT2D eigenvalue weighted by Gasteiger charge is 2.21. The van der Waals surface area contributed by atoms with E-state index in [4.69, 9.17) is 5.11 Å². The van der Waals surface area contributed by atoms with Crippen LogP contribution < -0.4 is 21.3 Å². The summed E-state index contributed by atoms with van der Waals surface area (Å²) in [6, 6.07) is 11.6. The maximum Gasteiger partial charge on any atom is 0.305 e. The maximum absolute atomic E-state index is 13.1. The number of carboxylic acids is 1. The van der Waals surface area contributed by atoms with Crippen LogP contribution in [0.25, 0.3) is 0 Å². The van der Waals surface area contributed by atoms with Gasteiger partial charge < -0.3 is 31.5 Å². The van der Waals surface area contributed by atoms with Crippen molar-refractivity contribution in [2.45, 2.75) is 18.6 Å². The van der Waals surface area contributed by atoms with E-state index in [0.29, 0.717) is 11.6 Å². The van der Waals surface area contributed by atoms with Crippen LogP contribution in [0, 0.1) is 0 Å². The molecule has 6 N–H and O–H groups in total. The van der Waals surface area contributed by atoms with Gasteiger partial charge in [-0.05, 0) is 24.3 Å². The van der Waals surface area contributed by atoms with Crippen LogP contribution in [0.3, 0.4) is 0 Å². The lowest BCUT2D eigenvalue weighted by molar-refractivity contribution is -0.137. The fourth-order valence-corrected chi connectivity index (χ4v) is 3.18. The van der Waals surface area contributed by atoms with Crippen molar-refractivity contribution in [3.8, 4) is 5.75 Å². The first kappa shape index (κ1) is 23.5. The van der Waals surface area contributed by atoms with E-state index in [1.165, 1.54) is 12.1 Å². The van der Waals surface area contributed by atoms with Gasteiger partial charge >= 0.3 is 5.97 Å². The number of rotatable bonds is 8. The number of phenolic OH excluding ortho intramolecular Hbond substituents is 1.